The number of aliphatic hydroxyl groups is 1. The van der Waals surface area contributed by atoms with Crippen molar-refractivity contribution in [1.29, 1.82) is 0 Å². The van der Waals surface area contributed by atoms with Gasteiger partial charge in [-0.25, -0.2) is 4.98 Å². The van der Waals surface area contributed by atoms with E-state index < -0.39 is 5.60 Å². The summed E-state index contributed by atoms with van der Waals surface area (Å²) in [7, 11) is 1.69. The number of hydrogen-bond donors (Lipinski definition) is 2. The Labute approximate surface area is 154 Å². The third-order valence-corrected chi connectivity index (χ3v) is 4.76. The van der Waals surface area contributed by atoms with Gasteiger partial charge in [0.25, 0.3) is 0 Å². The molecule has 6 nitrogen and oxygen atoms in total. The summed E-state index contributed by atoms with van der Waals surface area (Å²) in [5, 5.41) is 10.9. The highest BCUT2D eigenvalue weighted by Gasteiger charge is 2.33. The second-order valence-electron chi connectivity index (χ2n) is 6.65. The third-order valence-electron chi connectivity index (χ3n) is 4.76. The highest BCUT2D eigenvalue weighted by atomic mass is 16.3. The van der Waals surface area contributed by atoms with Crippen LogP contribution in [-0.2, 0) is 6.42 Å². The number of nitrogens with zero attached hydrogens (tertiary/aromatic N) is 4. The van der Waals surface area contributed by atoms with Gasteiger partial charge in [0.05, 0.1) is 23.7 Å². The SMILES string of the molecule is CN=C/C(=C\N)c1cncc(N2CCC(O)(Cc3ccccc3)CC2)n1. The number of rotatable bonds is 5. The fourth-order valence-electron chi connectivity index (χ4n) is 3.29. The van der Waals surface area contributed by atoms with Crippen LogP contribution in [-0.4, -0.2) is 47.0 Å². The van der Waals surface area contributed by atoms with Crippen molar-refractivity contribution >= 4 is 17.6 Å². The minimum Gasteiger partial charge on any atom is -0.404 e. The Bertz CT molecular complexity index is 780. The average molecular weight is 351 g/mol. The second kappa shape index (κ2) is 8.10. The lowest BCUT2D eigenvalue weighted by atomic mass is 9.85. The van der Waals surface area contributed by atoms with Gasteiger partial charge in [-0.3, -0.25) is 9.98 Å². The predicted molar refractivity (Wildman–Crippen MR) is 105 cm³/mol. The summed E-state index contributed by atoms with van der Waals surface area (Å²) < 4.78 is 0. The molecule has 0 aliphatic carbocycles. The Hall–Kier alpha value is -2.73. The van der Waals surface area contributed by atoms with E-state index in [1.165, 1.54) is 11.8 Å². The summed E-state index contributed by atoms with van der Waals surface area (Å²) in [6.07, 6.45) is 8.66. The maximum atomic E-state index is 10.9. The van der Waals surface area contributed by atoms with Crippen molar-refractivity contribution in [2.45, 2.75) is 24.9 Å². The lowest BCUT2D eigenvalue weighted by Gasteiger charge is -2.38. The molecule has 0 amide bonds. The Kier molecular flexibility index (Phi) is 5.63. The van der Waals surface area contributed by atoms with Crippen LogP contribution >= 0.6 is 0 Å². The number of aromatic nitrogens is 2. The highest BCUT2D eigenvalue weighted by Crippen LogP contribution is 2.28. The van der Waals surface area contributed by atoms with Gasteiger partial charge in [0, 0.05) is 44.5 Å². The van der Waals surface area contributed by atoms with Gasteiger partial charge in [0.15, 0.2) is 0 Å². The summed E-state index contributed by atoms with van der Waals surface area (Å²) >= 11 is 0. The molecule has 0 atom stereocenters. The van der Waals surface area contributed by atoms with Gasteiger partial charge >= 0.3 is 0 Å². The predicted octanol–water partition coefficient (Wildman–Crippen LogP) is 2.05. The first kappa shape index (κ1) is 18.1. The maximum Gasteiger partial charge on any atom is 0.147 e. The minimum absolute atomic E-state index is 0.667. The molecular formula is C20H25N5O. The molecule has 0 saturated carbocycles. The average Bonchev–Trinajstić information content (AvgIpc) is 2.67. The molecule has 1 aromatic carbocycles. The molecule has 0 unspecified atom stereocenters. The van der Waals surface area contributed by atoms with Gasteiger partial charge in [-0.1, -0.05) is 30.3 Å². The molecule has 0 bridgehead atoms. The van der Waals surface area contributed by atoms with Crippen molar-refractivity contribution in [3.8, 4) is 0 Å². The normalized spacial score (nSPS) is 17.6. The van der Waals surface area contributed by atoms with E-state index in [9.17, 15) is 5.11 Å². The largest absolute Gasteiger partial charge is 0.404 e. The fourth-order valence-corrected chi connectivity index (χ4v) is 3.29. The molecule has 6 heteroatoms. The fraction of sp³-hybridized carbons (Fsp3) is 0.350. The molecule has 2 heterocycles. The van der Waals surface area contributed by atoms with Crippen molar-refractivity contribution in [2.75, 3.05) is 25.0 Å². The van der Waals surface area contributed by atoms with Crippen LogP contribution in [0.15, 0.2) is 53.9 Å². The molecule has 3 rings (SSSR count). The molecule has 0 radical (unpaired) electrons. The van der Waals surface area contributed by atoms with Crippen molar-refractivity contribution in [3.05, 3.63) is 60.2 Å². The number of anilines is 1. The first-order chi connectivity index (χ1) is 12.6. The summed E-state index contributed by atoms with van der Waals surface area (Å²) in [5.74, 6) is 0.799. The molecule has 0 spiro atoms. The highest BCUT2D eigenvalue weighted by molar-refractivity contribution is 6.08. The van der Waals surface area contributed by atoms with E-state index in [0.29, 0.717) is 25.0 Å². The molecule has 1 saturated heterocycles. The molecule has 3 N–H and O–H groups in total. The van der Waals surface area contributed by atoms with Crippen molar-refractivity contribution in [3.63, 3.8) is 0 Å². The Morgan fingerprint density at radius 3 is 2.65 bits per heavy atom. The zero-order valence-electron chi connectivity index (χ0n) is 15.0. The second-order valence-corrected chi connectivity index (χ2v) is 6.65. The monoisotopic (exact) mass is 351 g/mol. The van der Waals surface area contributed by atoms with Crippen molar-refractivity contribution in [1.82, 2.24) is 9.97 Å². The first-order valence-electron chi connectivity index (χ1n) is 8.81. The van der Waals surface area contributed by atoms with Crippen molar-refractivity contribution < 1.29 is 5.11 Å². The summed E-state index contributed by atoms with van der Waals surface area (Å²) in [6.45, 7) is 1.48. The maximum absolute atomic E-state index is 10.9. The van der Waals surface area contributed by atoms with Gasteiger partial charge in [-0.05, 0) is 18.4 Å². The molecule has 26 heavy (non-hydrogen) atoms. The zero-order chi connectivity index (χ0) is 18.4. The topological polar surface area (TPSA) is 87.6 Å². The molecule has 2 aromatic rings. The molecule has 1 aliphatic heterocycles. The van der Waals surface area contributed by atoms with E-state index in [0.717, 1.165) is 24.5 Å². The van der Waals surface area contributed by atoms with Crippen LogP contribution in [0.25, 0.3) is 5.57 Å². The summed E-state index contributed by atoms with van der Waals surface area (Å²) in [6, 6.07) is 10.1. The molecule has 1 fully saturated rings. The number of piperidine rings is 1. The van der Waals surface area contributed by atoms with Crippen LogP contribution in [0.3, 0.4) is 0 Å². The van der Waals surface area contributed by atoms with Crippen LogP contribution in [0.1, 0.15) is 24.1 Å². The lowest BCUT2D eigenvalue weighted by molar-refractivity contribution is 0.0164. The van der Waals surface area contributed by atoms with E-state index in [1.54, 1.807) is 25.7 Å². The Morgan fingerprint density at radius 1 is 1.27 bits per heavy atom. The Morgan fingerprint density at radius 2 is 2.00 bits per heavy atom. The van der Waals surface area contributed by atoms with Crippen molar-refractivity contribution in [2.24, 2.45) is 10.7 Å². The number of benzene rings is 1. The zero-order valence-corrected chi connectivity index (χ0v) is 15.0. The molecule has 1 aromatic heterocycles. The smallest absolute Gasteiger partial charge is 0.147 e. The van der Waals surface area contributed by atoms with E-state index >= 15 is 0 Å². The molecule has 136 valence electrons. The van der Waals surface area contributed by atoms with E-state index in [-0.39, 0.29) is 0 Å². The van der Waals surface area contributed by atoms with E-state index in [2.05, 4.69) is 32.0 Å². The molecular weight excluding hydrogens is 326 g/mol. The van der Waals surface area contributed by atoms with Crippen LogP contribution in [0, 0.1) is 0 Å². The molecule has 1 aliphatic rings. The first-order valence-corrected chi connectivity index (χ1v) is 8.81. The summed E-state index contributed by atoms with van der Waals surface area (Å²) in [4.78, 5) is 15.1. The van der Waals surface area contributed by atoms with E-state index in [1.807, 2.05) is 18.2 Å². The van der Waals surface area contributed by atoms with Gasteiger partial charge < -0.3 is 15.7 Å². The van der Waals surface area contributed by atoms with Crippen LogP contribution < -0.4 is 10.6 Å². The lowest BCUT2D eigenvalue weighted by Crippen LogP contribution is -2.46. The Balaban J connectivity index is 1.68. The van der Waals surface area contributed by atoms with Crippen LogP contribution in [0.5, 0.6) is 0 Å². The number of aliphatic imine (C=N–C) groups is 1. The quantitative estimate of drug-likeness (QED) is 0.805. The van der Waals surface area contributed by atoms with Crippen LogP contribution in [0.4, 0.5) is 5.82 Å². The van der Waals surface area contributed by atoms with Gasteiger partial charge in [-0.15, -0.1) is 0 Å². The standard InChI is InChI=1S/C20H25N5O/c1-22-13-17(12-21)18-14-23-15-19(24-18)25-9-7-20(26,8-10-25)11-16-5-3-2-4-6-16/h2-6,12-15,26H,7-11,21H2,1H3/b17-12+,22-13?. The third kappa shape index (κ3) is 4.26. The minimum atomic E-state index is -0.667. The number of nitrogens with two attached hydrogens (primary N) is 1. The van der Waals surface area contributed by atoms with Gasteiger partial charge in [0.2, 0.25) is 0 Å². The summed E-state index contributed by atoms with van der Waals surface area (Å²) in [5.41, 5.74) is 7.59. The van der Waals surface area contributed by atoms with Gasteiger partial charge in [-0.2, -0.15) is 0 Å². The van der Waals surface area contributed by atoms with Crippen LogP contribution in [0.2, 0.25) is 0 Å². The van der Waals surface area contributed by atoms with Gasteiger partial charge in [0.1, 0.15) is 5.82 Å². The number of hydrogen-bond acceptors (Lipinski definition) is 6. The van der Waals surface area contributed by atoms with E-state index in [4.69, 9.17) is 5.73 Å². The number of allylic oxidation sites excluding steroid dienone is 1.